The van der Waals surface area contributed by atoms with Crippen molar-refractivity contribution in [1.29, 1.82) is 0 Å². The van der Waals surface area contributed by atoms with E-state index in [4.69, 9.17) is 13.7 Å². The molecule has 8 heteroatoms. The zero-order valence-corrected chi connectivity index (χ0v) is 28.7. The predicted molar refractivity (Wildman–Crippen MR) is 159 cm³/mol. The van der Waals surface area contributed by atoms with Gasteiger partial charge in [0.15, 0.2) is 16.6 Å². The Morgan fingerprint density at radius 2 is 1.35 bits per heavy atom. The second-order valence-corrected chi connectivity index (χ2v) is 22.7. The van der Waals surface area contributed by atoms with Crippen LogP contribution in [0.5, 0.6) is 0 Å². The number of carbonyl (C=O) groups is 1. The minimum atomic E-state index is -2.11. The number of hydrogen-bond acceptors (Lipinski definition) is 4. The van der Waals surface area contributed by atoms with E-state index in [1.54, 1.807) is 7.05 Å². The van der Waals surface area contributed by atoms with Gasteiger partial charge in [-0.05, 0) is 52.8 Å². The molecule has 0 saturated carbocycles. The van der Waals surface area contributed by atoms with E-state index in [1.807, 2.05) is 6.92 Å². The van der Waals surface area contributed by atoms with E-state index in [-0.39, 0.29) is 40.0 Å². The first-order chi connectivity index (χ1) is 15.1. The van der Waals surface area contributed by atoms with Gasteiger partial charge in [0.1, 0.15) is 0 Å². The van der Waals surface area contributed by atoms with Crippen LogP contribution < -0.4 is 0 Å². The van der Waals surface area contributed by atoms with E-state index >= 15 is 0 Å². The van der Waals surface area contributed by atoms with Crippen molar-refractivity contribution in [3.8, 4) is 0 Å². The zero-order chi connectivity index (χ0) is 27.3. The molecule has 0 radical (unpaired) electrons. The summed E-state index contributed by atoms with van der Waals surface area (Å²) in [5, 5.41) is 1.45. The molecular formula is C26H52INO4Si2. The van der Waals surface area contributed by atoms with E-state index in [2.05, 4.69) is 120 Å². The summed E-state index contributed by atoms with van der Waals surface area (Å²) in [6, 6.07) is 0. The summed E-state index contributed by atoms with van der Waals surface area (Å²) in [5.41, 5.74) is 1.22. The minimum absolute atomic E-state index is 0.0183. The van der Waals surface area contributed by atoms with E-state index in [0.717, 1.165) is 0 Å². The van der Waals surface area contributed by atoms with Crippen LogP contribution in [0.1, 0.15) is 62.3 Å². The molecule has 0 aliphatic rings. The highest BCUT2D eigenvalue weighted by Gasteiger charge is 2.42. The SMILES string of the molecule is CON(C)C(=O)[C@H](C)[C@H](/C=C/[C@H](C)[C@@H](O[Si](C)(C)C(C)(C)C)/C(C)=C/I)O[Si](C)(C)C(C)(C)C. The number of hydroxylamine groups is 2. The second kappa shape index (κ2) is 13.0. The molecule has 0 rings (SSSR count). The largest absolute Gasteiger partial charge is 0.410 e. The van der Waals surface area contributed by atoms with Gasteiger partial charge in [-0.15, -0.1) is 0 Å². The molecule has 0 heterocycles. The summed E-state index contributed by atoms with van der Waals surface area (Å²) in [4.78, 5) is 18.1. The Hall–Kier alpha value is -0.00623. The molecule has 0 unspecified atom stereocenters. The van der Waals surface area contributed by atoms with E-state index < -0.39 is 16.6 Å². The van der Waals surface area contributed by atoms with Crippen molar-refractivity contribution < 1.29 is 18.5 Å². The van der Waals surface area contributed by atoms with Crippen molar-refractivity contribution in [3.05, 3.63) is 21.8 Å². The van der Waals surface area contributed by atoms with Crippen molar-refractivity contribution in [2.75, 3.05) is 14.2 Å². The van der Waals surface area contributed by atoms with Crippen LogP contribution in [0.4, 0.5) is 0 Å². The fourth-order valence-electron chi connectivity index (χ4n) is 2.90. The van der Waals surface area contributed by atoms with Crippen LogP contribution in [0.3, 0.4) is 0 Å². The molecule has 34 heavy (non-hydrogen) atoms. The molecule has 0 aliphatic heterocycles. The zero-order valence-electron chi connectivity index (χ0n) is 24.5. The van der Waals surface area contributed by atoms with Crippen LogP contribution in [-0.2, 0) is 18.5 Å². The Labute approximate surface area is 226 Å². The molecule has 0 spiro atoms. The molecule has 0 bridgehead atoms. The molecule has 0 aliphatic carbocycles. The maximum Gasteiger partial charge on any atom is 0.251 e. The third kappa shape index (κ3) is 9.46. The van der Waals surface area contributed by atoms with Gasteiger partial charge in [0.25, 0.3) is 5.91 Å². The van der Waals surface area contributed by atoms with Gasteiger partial charge < -0.3 is 8.85 Å². The summed E-state index contributed by atoms with van der Waals surface area (Å²) >= 11 is 2.30. The first-order valence-corrected chi connectivity index (χ1v) is 19.3. The quantitative estimate of drug-likeness (QED) is 0.101. The maximum absolute atomic E-state index is 13.0. The van der Waals surface area contributed by atoms with Crippen molar-refractivity contribution >= 4 is 45.1 Å². The topological polar surface area (TPSA) is 48.0 Å². The lowest BCUT2D eigenvalue weighted by Gasteiger charge is -2.41. The van der Waals surface area contributed by atoms with Crippen LogP contribution in [0.15, 0.2) is 21.8 Å². The first kappa shape index (κ1) is 34.0. The Morgan fingerprint density at radius 1 is 0.912 bits per heavy atom. The molecule has 4 atom stereocenters. The Kier molecular flexibility index (Phi) is 13.0. The molecular weight excluding hydrogens is 573 g/mol. The second-order valence-electron chi connectivity index (χ2n) is 12.5. The maximum atomic E-state index is 13.0. The Bertz CT molecular complexity index is 723. The van der Waals surface area contributed by atoms with Gasteiger partial charge in [-0.3, -0.25) is 9.63 Å². The summed E-state index contributed by atoms with van der Waals surface area (Å²) in [5.74, 6) is -0.336. The Morgan fingerprint density at radius 3 is 1.74 bits per heavy atom. The highest BCUT2D eigenvalue weighted by atomic mass is 127. The highest BCUT2D eigenvalue weighted by Crippen LogP contribution is 2.40. The van der Waals surface area contributed by atoms with Gasteiger partial charge in [-0.25, -0.2) is 5.06 Å². The normalized spacial score (nSPS) is 18.1. The molecule has 0 saturated heterocycles. The minimum Gasteiger partial charge on any atom is -0.410 e. The van der Waals surface area contributed by atoms with Crippen molar-refractivity contribution in [2.24, 2.45) is 11.8 Å². The lowest BCUT2D eigenvalue weighted by Crippen LogP contribution is -2.47. The van der Waals surface area contributed by atoms with Gasteiger partial charge in [0.2, 0.25) is 0 Å². The van der Waals surface area contributed by atoms with Crippen molar-refractivity contribution in [2.45, 2.75) is 111 Å². The Balaban J connectivity index is 6.15. The van der Waals surface area contributed by atoms with Crippen molar-refractivity contribution in [1.82, 2.24) is 5.06 Å². The van der Waals surface area contributed by atoms with Gasteiger partial charge >= 0.3 is 0 Å². The van der Waals surface area contributed by atoms with Gasteiger partial charge in [0.05, 0.1) is 25.2 Å². The lowest BCUT2D eigenvalue weighted by molar-refractivity contribution is -0.175. The lowest BCUT2D eigenvalue weighted by atomic mass is 9.96. The highest BCUT2D eigenvalue weighted by molar-refractivity contribution is 14.1. The van der Waals surface area contributed by atoms with Crippen LogP contribution in [0, 0.1) is 11.8 Å². The molecule has 0 aromatic rings. The van der Waals surface area contributed by atoms with Gasteiger partial charge in [-0.1, -0.05) is 90.1 Å². The number of hydrogen-bond donors (Lipinski definition) is 0. The smallest absolute Gasteiger partial charge is 0.251 e. The van der Waals surface area contributed by atoms with Crippen molar-refractivity contribution in [3.63, 3.8) is 0 Å². The van der Waals surface area contributed by atoms with E-state index in [0.29, 0.717) is 0 Å². The molecule has 200 valence electrons. The van der Waals surface area contributed by atoms with Crippen LogP contribution in [0.25, 0.3) is 0 Å². The first-order valence-electron chi connectivity index (χ1n) is 12.3. The number of halogens is 1. The van der Waals surface area contributed by atoms with Gasteiger partial charge in [0, 0.05) is 13.0 Å². The number of rotatable bonds is 11. The molecule has 0 N–H and O–H groups in total. The molecule has 0 aromatic heterocycles. The number of nitrogens with zero attached hydrogens (tertiary/aromatic N) is 1. The fourth-order valence-corrected chi connectivity index (χ4v) is 5.96. The average Bonchev–Trinajstić information content (AvgIpc) is 2.70. The number of amides is 1. The third-order valence-electron chi connectivity index (χ3n) is 7.63. The van der Waals surface area contributed by atoms with Crippen LogP contribution >= 0.6 is 22.6 Å². The molecule has 5 nitrogen and oxygen atoms in total. The summed E-state index contributed by atoms with van der Waals surface area (Å²) in [6.45, 7) is 28.7. The van der Waals surface area contributed by atoms with Gasteiger partial charge in [-0.2, -0.15) is 0 Å². The fraction of sp³-hybridized carbons (Fsp3) is 0.808. The molecule has 0 aromatic carbocycles. The standard InChI is InChI=1S/C26H52INO4Si2/c1-19(23(20(2)18-27)32-34(14,15)26(7,8)9)16-17-22(21(3)24(29)28(10)30-11)31-33(12,13)25(4,5)6/h16-19,21-23H,1-15H3/b17-16+,20-18+/t19-,21+,22-,23+/m0/s1. The summed E-state index contributed by atoms with van der Waals surface area (Å²) < 4.78 is 15.7. The van der Waals surface area contributed by atoms with Crippen LogP contribution in [-0.4, -0.2) is 54.0 Å². The molecule has 0 fully saturated rings. The van der Waals surface area contributed by atoms with E-state index in [9.17, 15) is 4.79 Å². The van der Waals surface area contributed by atoms with E-state index in [1.165, 1.54) is 17.7 Å². The van der Waals surface area contributed by atoms with Crippen LogP contribution in [0.2, 0.25) is 36.3 Å². The predicted octanol–water partition coefficient (Wildman–Crippen LogP) is 7.95. The number of carbonyl (C=O) groups excluding carboxylic acids is 1. The third-order valence-corrected chi connectivity index (χ3v) is 17.5. The summed E-state index contributed by atoms with van der Waals surface area (Å²) in [6.07, 6.45) is 3.90. The summed E-state index contributed by atoms with van der Waals surface area (Å²) in [7, 11) is -0.928. The molecule has 1 amide bonds. The monoisotopic (exact) mass is 625 g/mol. The average molecular weight is 626 g/mol.